The second-order valence-corrected chi connectivity index (χ2v) is 7.56. The molecule has 2 fully saturated rings. The summed E-state index contributed by atoms with van der Waals surface area (Å²) in [6, 6.07) is 0.516. The average Bonchev–Trinajstić information content (AvgIpc) is 2.31. The van der Waals surface area contributed by atoms with Gasteiger partial charge in [-0.2, -0.15) is 0 Å². The molecule has 0 aliphatic carbocycles. The smallest absolute Gasteiger partial charge is 0.150 e. The lowest BCUT2D eigenvalue weighted by atomic mass is 10.1. The van der Waals surface area contributed by atoms with Crippen molar-refractivity contribution in [1.82, 2.24) is 9.80 Å². The SMILES string of the molecule is CCCN1CCN(C2CCS(=O)(=O)CC2)CC1. The van der Waals surface area contributed by atoms with Crippen LogP contribution in [0.1, 0.15) is 26.2 Å². The molecule has 0 saturated carbocycles. The van der Waals surface area contributed by atoms with Gasteiger partial charge in [-0.05, 0) is 25.8 Å². The largest absolute Gasteiger partial charge is 0.301 e. The summed E-state index contributed by atoms with van der Waals surface area (Å²) in [5.41, 5.74) is 0. The van der Waals surface area contributed by atoms with Crippen molar-refractivity contribution >= 4 is 9.84 Å². The topological polar surface area (TPSA) is 40.6 Å². The van der Waals surface area contributed by atoms with Crippen molar-refractivity contribution in [3.63, 3.8) is 0 Å². The van der Waals surface area contributed by atoms with Gasteiger partial charge in [0, 0.05) is 32.2 Å². The van der Waals surface area contributed by atoms with Crippen LogP contribution in [0.25, 0.3) is 0 Å². The third-order valence-corrected chi connectivity index (χ3v) is 5.70. The van der Waals surface area contributed by atoms with Crippen LogP contribution < -0.4 is 0 Å². The fourth-order valence-electron chi connectivity index (χ4n) is 2.91. The molecule has 2 saturated heterocycles. The Labute approximate surface area is 105 Å². The molecule has 0 bridgehead atoms. The number of hydrogen-bond donors (Lipinski definition) is 0. The lowest BCUT2D eigenvalue weighted by Crippen LogP contribution is -2.52. The van der Waals surface area contributed by atoms with Crippen molar-refractivity contribution < 1.29 is 8.42 Å². The lowest BCUT2D eigenvalue weighted by molar-refractivity contribution is 0.0913. The van der Waals surface area contributed by atoms with Gasteiger partial charge in [-0.1, -0.05) is 6.92 Å². The third kappa shape index (κ3) is 3.66. The monoisotopic (exact) mass is 260 g/mol. The third-order valence-electron chi connectivity index (χ3n) is 3.99. The van der Waals surface area contributed by atoms with Gasteiger partial charge in [-0.3, -0.25) is 4.90 Å². The van der Waals surface area contributed by atoms with Gasteiger partial charge in [0.1, 0.15) is 9.84 Å². The first-order valence-electron chi connectivity index (χ1n) is 6.77. The number of nitrogens with zero attached hydrogens (tertiary/aromatic N) is 2. The van der Waals surface area contributed by atoms with Gasteiger partial charge in [0.2, 0.25) is 0 Å². The molecular formula is C12H24N2O2S. The Bertz CT molecular complexity index is 320. The lowest BCUT2D eigenvalue weighted by Gasteiger charge is -2.40. The summed E-state index contributed by atoms with van der Waals surface area (Å²) in [6.45, 7) is 7.95. The van der Waals surface area contributed by atoms with Crippen LogP contribution in [-0.4, -0.2) is 68.5 Å². The summed E-state index contributed by atoms with van der Waals surface area (Å²) in [5, 5.41) is 0. The molecule has 17 heavy (non-hydrogen) atoms. The molecule has 0 N–H and O–H groups in total. The normalized spacial score (nSPS) is 28.3. The van der Waals surface area contributed by atoms with Crippen LogP contribution >= 0.6 is 0 Å². The highest BCUT2D eigenvalue weighted by molar-refractivity contribution is 7.91. The molecule has 0 amide bonds. The zero-order chi connectivity index (χ0) is 12.3. The van der Waals surface area contributed by atoms with Gasteiger partial charge in [0.25, 0.3) is 0 Å². The molecular weight excluding hydrogens is 236 g/mol. The van der Waals surface area contributed by atoms with Gasteiger partial charge < -0.3 is 4.90 Å². The summed E-state index contributed by atoms with van der Waals surface area (Å²) < 4.78 is 22.8. The number of sulfone groups is 1. The van der Waals surface area contributed by atoms with E-state index in [0.717, 1.165) is 39.0 Å². The van der Waals surface area contributed by atoms with E-state index in [1.165, 1.54) is 13.0 Å². The molecule has 5 heteroatoms. The zero-order valence-electron chi connectivity index (χ0n) is 10.8. The fourth-order valence-corrected chi connectivity index (χ4v) is 4.38. The summed E-state index contributed by atoms with van der Waals surface area (Å²) in [6.07, 6.45) is 2.91. The number of rotatable bonds is 3. The van der Waals surface area contributed by atoms with Crippen molar-refractivity contribution in [2.75, 3.05) is 44.2 Å². The van der Waals surface area contributed by atoms with E-state index < -0.39 is 9.84 Å². The van der Waals surface area contributed by atoms with Crippen LogP contribution in [0.4, 0.5) is 0 Å². The maximum absolute atomic E-state index is 11.4. The van der Waals surface area contributed by atoms with E-state index in [4.69, 9.17) is 0 Å². The van der Waals surface area contributed by atoms with Crippen LogP contribution in [0.15, 0.2) is 0 Å². The Morgan fingerprint density at radius 1 is 1.06 bits per heavy atom. The van der Waals surface area contributed by atoms with Crippen molar-refractivity contribution in [2.24, 2.45) is 0 Å². The van der Waals surface area contributed by atoms with E-state index in [9.17, 15) is 8.42 Å². The molecule has 2 rings (SSSR count). The van der Waals surface area contributed by atoms with Gasteiger partial charge >= 0.3 is 0 Å². The molecule has 100 valence electrons. The average molecular weight is 260 g/mol. The first kappa shape index (κ1) is 13.3. The Morgan fingerprint density at radius 3 is 2.18 bits per heavy atom. The van der Waals surface area contributed by atoms with Crippen LogP contribution in [-0.2, 0) is 9.84 Å². The minimum atomic E-state index is -2.71. The maximum Gasteiger partial charge on any atom is 0.150 e. The highest BCUT2D eigenvalue weighted by Gasteiger charge is 2.29. The van der Waals surface area contributed by atoms with E-state index in [0.29, 0.717) is 17.5 Å². The summed E-state index contributed by atoms with van der Waals surface area (Å²) in [5.74, 6) is 0.791. The van der Waals surface area contributed by atoms with Crippen LogP contribution in [0, 0.1) is 0 Å². The first-order valence-corrected chi connectivity index (χ1v) is 8.59. The Hall–Kier alpha value is -0.130. The van der Waals surface area contributed by atoms with Gasteiger partial charge in [0.15, 0.2) is 0 Å². The van der Waals surface area contributed by atoms with Crippen LogP contribution in [0.5, 0.6) is 0 Å². The van der Waals surface area contributed by atoms with E-state index >= 15 is 0 Å². The molecule has 0 atom stereocenters. The molecule has 2 aliphatic heterocycles. The molecule has 0 radical (unpaired) electrons. The Morgan fingerprint density at radius 2 is 1.65 bits per heavy atom. The van der Waals surface area contributed by atoms with E-state index in [1.54, 1.807) is 0 Å². The molecule has 2 heterocycles. The molecule has 4 nitrogen and oxygen atoms in total. The van der Waals surface area contributed by atoms with Crippen molar-refractivity contribution in [3.05, 3.63) is 0 Å². The molecule has 0 aromatic rings. The van der Waals surface area contributed by atoms with Gasteiger partial charge in [-0.15, -0.1) is 0 Å². The molecule has 0 unspecified atom stereocenters. The molecule has 0 spiro atoms. The second kappa shape index (κ2) is 5.67. The number of hydrogen-bond acceptors (Lipinski definition) is 4. The Kier molecular flexibility index (Phi) is 4.44. The predicted molar refractivity (Wildman–Crippen MR) is 70.0 cm³/mol. The van der Waals surface area contributed by atoms with Crippen molar-refractivity contribution in [1.29, 1.82) is 0 Å². The quantitative estimate of drug-likeness (QED) is 0.745. The summed E-state index contributed by atoms with van der Waals surface area (Å²) in [4.78, 5) is 5.01. The molecule has 2 aliphatic rings. The first-order chi connectivity index (χ1) is 8.11. The highest BCUT2D eigenvalue weighted by Crippen LogP contribution is 2.19. The number of piperazine rings is 1. The zero-order valence-corrected chi connectivity index (χ0v) is 11.6. The van der Waals surface area contributed by atoms with Crippen LogP contribution in [0.2, 0.25) is 0 Å². The van der Waals surface area contributed by atoms with E-state index in [1.807, 2.05) is 0 Å². The highest BCUT2D eigenvalue weighted by atomic mass is 32.2. The van der Waals surface area contributed by atoms with Gasteiger partial charge in [0.05, 0.1) is 11.5 Å². The predicted octanol–water partition coefficient (Wildman–Crippen LogP) is 0.591. The Balaban J connectivity index is 1.78. The molecule has 0 aromatic heterocycles. The van der Waals surface area contributed by atoms with Crippen LogP contribution in [0.3, 0.4) is 0 Å². The van der Waals surface area contributed by atoms with E-state index in [2.05, 4.69) is 16.7 Å². The molecule has 0 aromatic carbocycles. The van der Waals surface area contributed by atoms with Crippen molar-refractivity contribution in [2.45, 2.75) is 32.2 Å². The fraction of sp³-hybridized carbons (Fsp3) is 1.00. The van der Waals surface area contributed by atoms with Crippen molar-refractivity contribution in [3.8, 4) is 0 Å². The standard InChI is InChI=1S/C12H24N2O2S/c1-2-5-13-6-8-14(9-7-13)12-3-10-17(15,16)11-4-12/h12H,2-11H2,1H3. The second-order valence-electron chi connectivity index (χ2n) is 5.26. The van der Waals surface area contributed by atoms with Gasteiger partial charge in [-0.25, -0.2) is 8.42 Å². The maximum atomic E-state index is 11.4. The summed E-state index contributed by atoms with van der Waals surface area (Å²) >= 11 is 0. The van der Waals surface area contributed by atoms with E-state index in [-0.39, 0.29) is 0 Å². The minimum Gasteiger partial charge on any atom is -0.301 e. The summed E-state index contributed by atoms with van der Waals surface area (Å²) in [7, 11) is -2.71. The minimum absolute atomic E-state index is 0.396.